The number of nitrogens with one attached hydrogen (secondary N) is 1. The van der Waals surface area contributed by atoms with Gasteiger partial charge in [-0.3, -0.25) is 14.0 Å². The minimum absolute atomic E-state index is 0.375. The maximum Gasteiger partial charge on any atom is 0.322 e. The highest BCUT2D eigenvalue weighted by molar-refractivity contribution is 9.10. The Morgan fingerprint density at radius 3 is 2.84 bits per heavy atom. The van der Waals surface area contributed by atoms with Crippen molar-refractivity contribution in [2.45, 2.75) is 13.3 Å². The van der Waals surface area contributed by atoms with E-state index in [9.17, 15) is 9.59 Å². The fraction of sp³-hybridized carbons (Fsp3) is 0.250. The second kappa shape index (κ2) is 5.40. The van der Waals surface area contributed by atoms with Gasteiger partial charge in [-0.05, 0) is 34.5 Å². The number of fused-ring (bicyclic) bond motifs is 1. The van der Waals surface area contributed by atoms with E-state index in [0.717, 1.165) is 4.47 Å². The first-order valence-corrected chi connectivity index (χ1v) is 6.48. The van der Waals surface area contributed by atoms with Crippen LogP contribution < -0.4 is 5.32 Å². The summed E-state index contributed by atoms with van der Waals surface area (Å²) in [5, 5.41) is 11.0. The molecule has 2 rings (SSSR count). The first kappa shape index (κ1) is 13.5. The average molecular weight is 326 g/mol. The molecule has 2 N–H and O–H groups in total. The number of aliphatic carboxylic acids is 1. The van der Waals surface area contributed by atoms with E-state index in [1.807, 2.05) is 13.0 Å². The molecule has 0 aliphatic carbocycles. The van der Waals surface area contributed by atoms with Crippen LogP contribution in [0.15, 0.2) is 22.8 Å². The van der Waals surface area contributed by atoms with Gasteiger partial charge in [-0.2, -0.15) is 0 Å². The van der Waals surface area contributed by atoms with Crippen molar-refractivity contribution in [3.05, 3.63) is 34.2 Å². The molecule has 0 saturated carbocycles. The molecule has 7 heteroatoms. The average Bonchev–Trinajstić information content (AvgIpc) is 2.73. The van der Waals surface area contributed by atoms with Gasteiger partial charge in [-0.15, -0.1) is 0 Å². The van der Waals surface area contributed by atoms with Gasteiger partial charge in [0.25, 0.3) is 5.91 Å². The van der Waals surface area contributed by atoms with Crippen LogP contribution in [-0.2, 0) is 11.2 Å². The highest BCUT2D eigenvalue weighted by atomic mass is 79.9. The number of rotatable bonds is 4. The zero-order chi connectivity index (χ0) is 14.0. The van der Waals surface area contributed by atoms with Gasteiger partial charge in [0.05, 0.1) is 5.69 Å². The molecule has 0 bridgehead atoms. The summed E-state index contributed by atoms with van der Waals surface area (Å²) in [4.78, 5) is 26.9. The van der Waals surface area contributed by atoms with Crippen LogP contribution >= 0.6 is 15.9 Å². The maximum absolute atomic E-state index is 12.1. The van der Waals surface area contributed by atoms with Crippen LogP contribution in [0.1, 0.15) is 23.1 Å². The quantitative estimate of drug-likeness (QED) is 0.891. The van der Waals surface area contributed by atoms with Gasteiger partial charge in [0.2, 0.25) is 0 Å². The summed E-state index contributed by atoms with van der Waals surface area (Å²) in [5.41, 5.74) is 1.67. The molecule has 0 atom stereocenters. The molecule has 0 aromatic carbocycles. The fourth-order valence-electron chi connectivity index (χ4n) is 1.79. The van der Waals surface area contributed by atoms with Crippen molar-refractivity contribution in [3.63, 3.8) is 0 Å². The Balaban J connectivity index is 2.47. The molecule has 1 amide bonds. The minimum Gasteiger partial charge on any atom is -0.480 e. The predicted molar refractivity (Wildman–Crippen MR) is 72.2 cm³/mol. The Morgan fingerprint density at radius 1 is 1.47 bits per heavy atom. The summed E-state index contributed by atoms with van der Waals surface area (Å²) in [7, 11) is 0. The highest BCUT2D eigenvalue weighted by Gasteiger charge is 2.18. The highest BCUT2D eigenvalue weighted by Crippen LogP contribution is 2.17. The Hall–Kier alpha value is -1.89. The van der Waals surface area contributed by atoms with Crippen molar-refractivity contribution in [2.24, 2.45) is 0 Å². The first-order valence-electron chi connectivity index (χ1n) is 5.69. The van der Waals surface area contributed by atoms with Gasteiger partial charge in [-0.25, -0.2) is 4.98 Å². The number of halogens is 1. The number of aryl methyl sites for hydroxylation is 1. The molecular weight excluding hydrogens is 314 g/mol. The normalized spacial score (nSPS) is 10.6. The zero-order valence-electron chi connectivity index (χ0n) is 10.2. The van der Waals surface area contributed by atoms with Crippen molar-refractivity contribution < 1.29 is 14.7 Å². The van der Waals surface area contributed by atoms with Gasteiger partial charge < -0.3 is 10.4 Å². The SMILES string of the molecule is CCc1nc2ccc(Br)cn2c1C(=O)NCC(=O)O. The molecule has 2 aromatic heterocycles. The lowest BCUT2D eigenvalue weighted by molar-refractivity contribution is -0.135. The minimum atomic E-state index is -1.08. The van der Waals surface area contributed by atoms with Crippen molar-refractivity contribution >= 4 is 33.5 Å². The van der Waals surface area contributed by atoms with E-state index in [2.05, 4.69) is 26.2 Å². The summed E-state index contributed by atoms with van der Waals surface area (Å²) in [6, 6.07) is 3.62. The van der Waals surface area contributed by atoms with Crippen molar-refractivity contribution in [1.82, 2.24) is 14.7 Å². The number of carbonyl (C=O) groups excluding carboxylic acids is 1. The van der Waals surface area contributed by atoms with Gasteiger partial charge in [-0.1, -0.05) is 6.92 Å². The number of carboxylic acids is 1. The summed E-state index contributed by atoms with van der Waals surface area (Å²) in [6.07, 6.45) is 2.33. The van der Waals surface area contributed by atoms with E-state index in [1.54, 1.807) is 16.7 Å². The molecule has 0 unspecified atom stereocenters. The van der Waals surface area contributed by atoms with Crippen LogP contribution in [-0.4, -0.2) is 32.9 Å². The summed E-state index contributed by atoms with van der Waals surface area (Å²) >= 11 is 3.33. The molecule has 19 heavy (non-hydrogen) atoms. The van der Waals surface area contributed by atoms with E-state index >= 15 is 0 Å². The zero-order valence-corrected chi connectivity index (χ0v) is 11.8. The molecule has 0 aliphatic heterocycles. The van der Waals surface area contributed by atoms with Gasteiger partial charge in [0.1, 0.15) is 17.9 Å². The van der Waals surface area contributed by atoms with Crippen LogP contribution in [0.2, 0.25) is 0 Å². The Kier molecular flexibility index (Phi) is 3.84. The van der Waals surface area contributed by atoms with E-state index in [0.29, 0.717) is 23.5 Å². The lowest BCUT2D eigenvalue weighted by Gasteiger charge is -2.04. The van der Waals surface area contributed by atoms with Crippen LogP contribution in [0.5, 0.6) is 0 Å². The number of nitrogens with zero attached hydrogens (tertiary/aromatic N) is 2. The lowest BCUT2D eigenvalue weighted by atomic mass is 10.2. The maximum atomic E-state index is 12.1. The lowest BCUT2D eigenvalue weighted by Crippen LogP contribution is -2.30. The number of amides is 1. The van der Waals surface area contributed by atoms with Gasteiger partial charge in [0.15, 0.2) is 0 Å². The third-order valence-electron chi connectivity index (χ3n) is 2.60. The van der Waals surface area contributed by atoms with Crippen LogP contribution in [0.3, 0.4) is 0 Å². The number of hydrogen-bond donors (Lipinski definition) is 2. The molecular formula is C12H12BrN3O3. The number of aromatic nitrogens is 2. The number of carbonyl (C=O) groups is 2. The smallest absolute Gasteiger partial charge is 0.322 e. The van der Waals surface area contributed by atoms with Crippen LogP contribution in [0.4, 0.5) is 0 Å². The molecule has 100 valence electrons. The van der Waals surface area contributed by atoms with E-state index in [4.69, 9.17) is 5.11 Å². The second-order valence-electron chi connectivity index (χ2n) is 3.91. The largest absolute Gasteiger partial charge is 0.480 e. The van der Waals surface area contributed by atoms with E-state index < -0.39 is 18.4 Å². The summed E-state index contributed by atoms with van der Waals surface area (Å²) < 4.78 is 2.47. The van der Waals surface area contributed by atoms with Crippen LogP contribution in [0, 0.1) is 0 Å². The topological polar surface area (TPSA) is 83.7 Å². The molecule has 2 heterocycles. The van der Waals surface area contributed by atoms with Crippen molar-refractivity contribution in [2.75, 3.05) is 6.54 Å². The van der Waals surface area contributed by atoms with Crippen molar-refractivity contribution in [3.8, 4) is 0 Å². The predicted octanol–water partition coefficient (Wildman–Crippen LogP) is 1.47. The molecule has 0 aliphatic rings. The monoisotopic (exact) mass is 325 g/mol. The number of imidazole rings is 1. The van der Waals surface area contributed by atoms with E-state index in [-0.39, 0.29) is 0 Å². The first-order chi connectivity index (χ1) is 9.02. The second-order valence-corrected chi connectivity index (χ2v) is 4.83. The van der Waals surface area contributed by atoms with Gasteiger partial charge in [0, 0.05) is 10.7 Å². The molecule has 0 saturated heterocycles. The van der Waals surface area contributed by atoms with E-state index in [1.165, 1.54) is 0 Å². The van der Waals surface area contributed by atoms with Crippen LogP contribution in [0.25, 0.3) is 5.65 Å². The fourth-order valence-corrected chi connectivity index (χ4v) is 2.13. The third-order valence-corrected chi connectivity index (χ3v) is 3.07. The molecule has 0 fully saturated rings. The Morgan fingerprint density at radius 2 is 2.21 bits per heavy atom. The van der Waals surface area contributed by atoms with Crippen molar-refractivity contribution in [1.29, 1.82) is 0 Å². The molecule has 0 spiro atoms. The Bertz CT molecular complexity index is 651. The number of hydrogen-bond acceptors (Lipinski definition) is 3. The summed E-state index contributed by atoms with van der Waals surface area (Å²) in [6.45, 7) is 1.48. The summed E-state index contributed by atoms with van der Waals surface area (Å²) in [5.74, 6) is -1.52. The number of carboxylic acid groups (broad SMARTS) is 1. The molecule has 0 radical (unpaired) electrons. The van der Waals surface area contributed by atoms with Gasteiger partial charge >= 0.3 is 5.97 Å². The standard InChI is InChI=1S/C12H12BrN3O3/c1-2-8-11(12(19)14-5-10(17)18)16-6-7(13)3-4-9(16)15-8/h3-4,6H,2,5H2,1H3,(H,14,19)(H,17,18). The third kappa shape index (κ3) is 2.76. The Labute approximate surface area is 117 Å². The molecule has 6 nitrogen and oxygen atoms in total. The number of pyridine rings is 1. The molecule has 2 aromatic rings.